The summed E-state index contributed by atoms with van der Waals surface area (Å²) < 4.78 is 30.9. The molecule has 0 spiro atoms. The van der Waals surface area contributed by atoms with Gasteiger partial charge in [-0.15, -0.1) is 10.4 Å². The molecule has 0 amide bonds. The van der Waals surface area contributed by atoms with Crippen molar-refractivity contribution in [3.8, 4) is 11.1 Å². The van der Waals surface area contributed by atoms with Crippen LogP contribution in [-0.2, 0) is 12.8 Å². The smallest absolute Gasteiger partial charge is 0.231 e. The molecule has 1 aliphatic heterocycles. The highest BCUT2D eigenvalue weighted by Crippen LogP contribution is 2.41. The maximum absolute atomic E-state index is 15.9. The number of piperidine rings is 1. The number of aromatic nitrogens is 2. The Morgan fingerprint density at radius 2 is 1.85 bits per heavy atom. The van der Waals surface area contributed by atoms with Crippen LogP contribution in [0.15, 0.2) is 48.7 Å². The number of fused-ring (bicyclic) bond motifs is 2. The standard InChI is InChI=1S/C30H33F2N6O3/c1-2-17-13-22-21(4-8-27(22)39)26(14-17)38(40,41)37-25-7-5-23(31)28(29(25)32)18-3-6-24-19(15-18)16-34-30(36-24)35-20-9-11-33-12-10-20/h3,5-7,13-16,20,27,33,37,39-41H,2,4,8-12H2,1H3,(H,34,35,36)/q+1. The van der Waals surface area contributed by atoms with Gasteiger partial charge >= 0.3 is 0 Å². The minimum atomic E-state index is -1.86. The van der Waals surface area contributed by atoms with E-state index in [4.69, 9.17) is 0 Å². The van der Waals surface area contributed by atoms with E-state index in [-0.39, 0.29) is 28.5 Å². The maximum Gasteiger partial charge on any atom is 0.231 e. The van der Waals surface area contributed by atoms with Crippen molar-refractivity contribution in [1.29, 1.82) is 0 Å². The Labute approximate surface area is 236 Å². The number of quaternary nitrogens is 1. The van der Waals surface area contributed by atoms with Gasteiger partial charge in [-0.25, -0.2) is 18.7 Å². The number of nitrogens with zero attached hydrogens (tertiary/aromatic N) is 3. The molecule has 1 aromatic heterocycles. The van der Waals surface area contributed by atoms with Gasteiger partial charge in [0.15, 0.2) is 5.82 Å². The third kappa shape index (κ3) is 5.34. The minimum absolute atomic E-state index is 0.0814. The molecule has 0 saturated carbocycles. The Hall–Kier alpha value is -3.74. The number of halogens is 2. The van der Waals surface area contributed by atoms with E-state index in [1.807, 2.05) is 13.0 Å². The first-order valence-electron chi connectivity index (χ1n) is 13.9. The molecule has 2 aliphatic rings. The van der Waals surface area contributed by atoms with Crippen molar-refractivity contribution >= 4 is 28.2 Å². The van der Waals surface area contributed by atoms with E-state index in [0.717, 1.165) is 43.6 Å². The van der Waals surface area contributed by atoms with Gasteiger partial charge < -0.3 is 15.7 Å². The molecular formula is C30H33F2N6O3+. The fraction of sp³-hybridized carbons (Fsp3) is 0.333. The number of benzene rings is 3. The van der Waals surface area contributed by atoms with Crippen molar-refractivity contribution in [2.24, 2.45) is 0 Å². The van der Waals surface area contributed by atoms with E-state index in [9.17, 15) is 15.5 Å². The van der Waals surface area contributed by atoms with Crippen LogP contribution < -0.4 is 21.0 Å². The van der Waals surface area contributed by atoms with Crippen LogP contribution in [0.2, 0.25) is 0 Å². The fourth-order valence-corrected chi connectivity index (χ4v) is 5.77. The van der Waals surface area contributed by atoms with E-state index >= 15 is 8.78 Å². The van der Waals surface area contributed by atoms with Gasteiger partial charge in [0.1, 0.15) is 11.5 Å². The summed E-state index contributed by atoms with van der Waals surface area (Å²) in [6, 6.07) is 10.8. The number of hydrogen-bond donors (Lipinski definition) is 6. The van der Waals surface area contributed by atoms with Crippen LogP contribution in [0.3, 0.4) is 0 Å². The predicted octanol–water partition coefficient (Wildman–Crippen LogP) is 5.39. The Morgan fingerprint density at radius 1 is 1.05 bits per heavy atom. The van der Waals surface area contributed by atoms with E-state index in [2.05, 4.69) is 26.0 Å². The molecule has 0 bridgehead atoms. The lowest BCUT2D eigenvalue weighted by atomic mass is 10.0. The first-order chi connectivity index (χ1) is 19.7. The molecule has 11 heteroatoms. The van der Waals surface area contributed by atoms with Gasteiger partial charge in [-0.05, 0) is 86.1 Å². The summed E-state index contributed by atoms with van der Waals surface area (Å²) in [5, 5.41) is 39.8. The van der Waals surface area contributed by atoms with Crippen LogP contribution in [0.5, 0.6) is 0 Å². The number of nitrogens with one attached hydrogen (secondary N) is 3. The van der Waals surface area contributed by atoms with Crippen molar-refractivity contribution in [3.05, 3.63) is 77.0 Å². The molecule has 4 aromatic rings. The molecule has 2 heterocycles. The second-order valence-electron chi connectivity index (χ2n) is 10.7. The zero-order chi connectivity index (χ0) is 28.7. The maximum atomic E-state index is 15.9. The summed E-state index contributed by atoms with van der Waals surface area (Å²) in [4.78, 5) is 7.11. The molecular weight excluding hydrogens is 530 g/mol. The highest BCUT2D eigenvalue weighted by molar-refractivity contribution is 5.85. The lowest BCUT2D eigenvalue weighted by Gasteiger charge is -2.25. The van der Waals surface area contributed by atoms with Crippen molar-refractivity contribution in [1.82, 2.24) is 20.2 Å². The largest absolute Gasteiger partial charge is 0.388 e. The molecule has 41 heavy (non-hydrogen) atoms. The van der Waals surface area contributed by atoms with E-state index in [1.165, 1.54) is 0 Å². The van der Waals surface area contributed by atoms with Crippen LogP contribution in [-0.4, -0.2) is 44.6 Å². The molecule has 1 fully saturated rings. The first-order valence-corrected chi connectivity index (χ1v) is 13.9. The molecule has 1 atom stereocenters. The highest BCUT2D eigenvalue weighted by atomic mass is 19.1. The Bertz CT molecular complexity index is 1610. The molecule has 6 rings (SSSR count). The van der Waals surface area contributed by atoms with Gasteiger partial charge in [0.2, 0.25) is 11.6 Å². The van der Waals surface area contributed by atoms with E-state index < -0.39 is 22.7 Å². The number of anilines is 2. The van der Waals surface area contributed by atoms with Crippen LogP contribution >= 0.6 is 0 Å². The molecule has 214 valence electrons. The van der Waals surface area contributed by atoms with Crippen LogP contribution in [0.25, 0.3) is 22.0 Å². The summed E-state index contributed by atoms with van der Waals surface area (Å²) in [5.74, 6) is -1.28. The zero-order valence-electron chi connectivity index (χ0n) is 22.7. The third-order valence-electron chi connectivity index (χ3n) is 8.00. The summed E-state index contributed by atoms with van der Waals surface area (Å²) in [5.41, 5.74) is 4.74. The van der Waals surface area contributed by atoms with Crippen molar-refractivity contribution in [2.75, 3.05) is 23.8 Å². The van der Waals surface area contributed by atoms with Crippen LogP contribution in [0.4, 0.5) is 26.1 Å². The summed E-state index contributed by atoms with van der Waals surface area (Å²) in [6.45, 7) is 3.78. The molecule has 6 N–H and O–H groups in total. The highest BCUT2D eigenvalue weighted by Gasteiger charge is 2.37. The van der Waals surface area contributed by atoms with Gasteiger partial charge in [0.25, 0.3) is 0 Å². The minimum Gasteiger partial charge on any atom is -0.388 e. The average Bonchev–Trinajstić information content (AvgIpc) is 3.34. The third-order valence-corrected chi connectivity index (χ3v) is 8.00. The number of aliphatic hydroxyl groups is 1. The summed E-state index contributed by atoms with van der Waals surface area (Å²) in [6.07, 6.45) is 4.34. The van der Waals surface area contributed by atoms with Gasteiger partial charge in [-0.1, -0.05) is 19.1 Å². The summed E-state index contributed by atoms with van der Waals surface area (Å²) >= 11 is 0. The monoisotopic (exact) mass is 563 g/mol. The number of hydrogen-bond acceptors (Lipinski definition) is 8. The Kier molecular flexibility index (Phi) is 7.30. The number of aliphatic hydroxyl groups excluding tert-OH is 1. The number of aryl methyl sites for hydroxylation is 1. The molecule has 3 aromatic carbocycles. The topological polar surface area (TPSA) is 123 Å². The number of rotatable bonds is 7. The first kappa shape index (κ1) is 27.4. The fourth-order valence-electron chi connectivity index (χ4n) is 5.77. The van der Waals surface area contributed by atoms with Crippen molar-refractivity contribution in [3.63, 3.8) is 0 Å². The zero-order valence-corrected chi connectivity index (χ0v) is 22.7. The molecule has 9 nitrogen and oxygen atoms in total. The molecule has 1 aliphatic carbocycles. The lowest BCUT2D eigenvalue weighted by molar-refractivity contribution is -0.273. The van der Waals surface area contributed by atoms with E-state index in [1.54, 1.807) is 30.5 Å². The molecule has 1 saturated heterocycles. The Morgan fingerprint density at radius 3 is 2.63 bits per heavy atom. The van der Waals surface area contributed by atoms with Crippen LogP contribution in [0.1, 0.15) is 49.0 Å². The van der Waals surface area contributed by atoms with Gasteiger partial charge in [-0.3, -0.25) is 0 Å². The molecule has 0 radical (unpaired) electrons. The average molecular weight is 564 g/mol. The Balaban J connectivity index is 1.31. The quantitative estimate of drug-likeness (QED) is 0.131. The van der Waals surface area contributed by atoms with Crippen molar-refractivity contribution in [2.45, 2.75) is 51.2 Å². The summed E-state index contributed by atoms with van der Waals surface area (Å²) in [7, 11) is 0. The van der Waals surface area contributed by atoms with Crippen LogP contribution in [0, 0.1) is 11.6 Å². The second kappa shape index (κ2) is 10.9. The SMILES string of the molecule is CCc1cc2c(c([N+](O)(O)Nc3ccc(F)c(-c4ccc5nc(NC6CCNCC6)ncc5c4)c3F)c1)CCC2O. The van der Waals surface area contributed by atoms with Gasteiger partial charge in [0, 0.05) is 29.3 Å². The normalized spacial score (nSPS) is 17.6. The predicted molar refractivity (Wildman–Crippen MR) is 152 cm³/mol. The lowest BCUT2D eigenvalue weighted by Crippen LogP contribution is -2.48. The van der Waals surface area contributed by atoms with E-state index in [0.29, 0.717) is 47.2 Å². The van der Waals surface area contributed by atoms with Gasteiger partial charge in [0.05, 0.1) is 22.1 Å². The second-order valence-corrected chi connectivity index (χ2v) is 10.7. The van der Waals surface area contributed by atoms with Crippen molar-refractivity contribution < 1.29 is 24.3 Å². The van der Waals surface area contributed by atoms with Gasteiger partial charge in [-0.2, -0.15) is 5.43 Å². The molecule has 1 unspecified atom stereocenters.